The van der Waals surface area contributed by atoms with E-state index in [0.29, 0.717) is 18.7 Å². The standard InChI is InChI=1S/C31H31FN2O/c1-22-19-24(11-13-29(22)32)26-9-5-3-4-6-10-27(26)25-12-14-30-28(20-25)31(23(2)21-33-30)35-18-17-34-15-7-8-16-34/h3-6,9-14,19-20H,2,7-8,15-18,21H2,1H3. The fourth-order valence-electron chi connectivity index (χ4n) is 4.86. The van der Waals surface area contributed by atoms with E-state index in [0.717, 1.165) is 63.8 Å². The summed E-state index contributed by atoms with van der Waals surface area (Å²) in [6.45, 7) is 10.5. The summed E-state index contributed by atoms with van der Waals surface area (Å²) in [4.78, 5) is 7.17. The number of ether oxygens (including phenoxy) is 1. The molecular weight excluding hydrogens is 435 g/mol. The first-order chi connectivity index (χ1) is 17.1. The minimum atomic E-state index is -0.194. The highest BCUT2D eigenvalue weighted by Gasteiger charge is 2.16. The van der Waals surface area contributed by atoms with E-state index in [1.807, 2.05) is 36.4 Å². The van der Waals surface area contributed by atoms with Crippen LogP contribution < -0.4 is 10.6 Å². The van der Waals surface area contributed by atoms with Gasteiger partial charge in [-0.2, -0.15) is 0 Å². The summed E-state index contributed by atoms with van der Waals surface area (Å²) >= 11 is 0. The number of rotatable bonds is 6. The summed E-state index contributed by atoms with van der Waals surface area (Å²) in [5.41, 5.74) is 5.68. The molecule has 0 N–H and O–H groups in total. The molecular formula is C31H31FN2O. The molecule has 2 aliphatic heterocycles. The first-order valence-corrected chi connectivity index (χ1v) is 12.3. The molecule has 2 aromatic carbocycles. The van der Waals surface area contributed by atoms with Crippen LogP contribution in [0.25, 0.3) is 16.9 Å². The number of likely N-dealkylation sites (tertiary alicyclic amines) is 1. The summed E-state index contributed by atoms with van der Waals surface area (Å²) in [5.74, 6) is 0.654. The molecule has 5 rings (SSSR count). The van der Waals surface area contributed by atoms with Crippen LogP contribution in [-0.4, -0.2) is 37.7 Å². The quantitative estimate of drug-likeness (QED) is 0.589. The molecule has 178 valence electrons. The lowest BCUT2D eigenvalue weighted by Gasteiger charge is -2.19. The summed E-state index contributed by atoms with van der Waals surface area (Å²) in [6.07, 6.45) is 14.8. The van der Waals surface area contributed by atoms with E-state index >= 15 is 0 Å². The second-order valence-corrected chi connectivity index (χ2v) is 9.27. The lowest BCUT2D eigenvalue weighted by atomic mass is 9.91. The fourth-order valence-corrected chi connectivity index (χ4v) is 4.86. The van der Waals surface area contributed by atoms with Crippen LogP contribution in [0.3, 0.4) is 0 Å². The second-order valence-electron chi connectivity index (χ2n) is 9.27. The molecule has 0 unspecified atom stereocenters. The molecule has 0 saturated carbocycles. The van der Waals surface area contributed by atoms with Crippen molar-refractivity contribution in [2.45, 2.75) is 19.8 Å². The Kier molecular flexibility index (Phi) is 6.91. The van der Waals surface area contributed by atoms with Crippen molar-refractivity contribution >= 4 is 16.9 Å². The van der Waals surface area contributed by atoms with E-state index in [4.69, 9.17) is 9.73 Å². The molecule has 1 fully saturated rings. The average Bonchev–Trinajstić information content (AvgIpc) is 3.36. The van der Waals surface area contributed by atoms with Gasteiger partial charge in [0.1, 0.15) is 18.2 Å². The maximum absolute atomic E-state index is 14.0. The number of allylic oxidation sites excluding steroid dienone is 8. The van der Waals surface area contributed by atoms with Crippen LogP contribution in [0.1, 0.15) is 29.5 Å². The van der Waals surface area contributed by atoms with Gasteiger partial charge < -0.3 is 4.74 Å². The van der Waals surface area contributed by atoms with Crippen molar-refractivity contribution in [3.63, 3.8) is 0 Å². The molecule has 2 aromatic rings. The number of halogens is 1. The van der Waals surface area contributed by atoms with Gasteiger partial charge in [-0.1, -0.05) is 55.2 Å². The molecule has 4 heteroatoms. The highest BCUT2D eigenvalue weighted by molar-refractivity contribution is 6.00. The van der Waals surface area contributed by atoms with E-state index in [-0.39, 0.29) is 5.82 Å². The topological polar surface area (TPSA) is 24.8 Å². The number of benzene rings is 2. The van der Waals surface area contributed by atoms with Gasteiger partial charge in [0.05, 0.1) is 11.9 Å². The fraction of sp³-hybridized carbons (Fsp3) is 0.258. The van der Waals surface area contributed by atoms with Crippen molar-refractivity contribution in [2.75, 3.05) is 32.8 Å². The lowest BCUT2D eigenvalue weighted by molar-refractivity contribution is 0.211. The van der Waals surface area contributed by atoms with Crippen molar-refractivity contribution in [3.05, 3.63) is 118 Å². The third-order valence-electron chi connectivity index (χ3n) is 6.78. The first kappa shape index (κ1) is 23.3. The van der Waals surface area contributed by atoms with Crippen molar-refractivity contribution < 1.29 is 9.13 Å². The van der Waals surface area contributed by atoms with Crippen LogP contribution >= 0.6 is 0 Å². The zero-order valence-corrected chi connectivity index (χ0v) is 20.3. The smallest absolute Gasteiger partial charge is 0.133 e. The zero-order chi connectivity index (χ0) is 24.2. The Labute approximate surface area is 206 Å². The lowest BCUT2D eigenvalue weighted by Crippen LogP contribution is -2.34. The number of aryl methyl sites for hydroxylation is 1. The molecule has 3 aliphatic rings. The molecule has 35 heavy (non-hydrogen) atoms. The summed E-state index contributed by atoms with van der Waals surface area (Å²) < 4.78 is 20.3. The van der Waals surface area contributed by atoms with Crippen LogP contribution in [0.5, 0.6) is 0 Å². The Morgan fingerprint density at radius 2 is 1.63 bits per heavy atom. The molecule has 3 nitrogen and oxygen atoms in total. The Morgan fingerprint density at radius 1 is 0.943 bits per heavy atom. The van der Waals surface area contributed by atoms with Crippen molar-refractivity contribution in [1.29, 1.82) is 0 Å². The van der Waals surface area contributed by atoms with E-state index in [9.17, 15) is 4.39 Å². The molecule has 1 saturated heterocycles. The van der Waals surface area contributed by atoms with Crippen molar-refractivity contribution in [3.8, 4) is 0 Å². The summed E-state index contributed by atoms with van der Waals surface area (Å²) in [7, 11) is 0. The van der Waals surface area contributed by atoms with Gasteiger partial charge in [0.2, 0.25) is 0 Å². The maximum atomic E-state index is 14.0. The minimum absolute atomic E-state index is 0.194. The van der Waals surface area contributed by atoms with Crippen LogP contribution in [0, 0.1) is 12.7 Å². The number of hydrogen-bond donors (Lipinski definition) is 0. The van der Waals surface area contributed by atoms with Crippen molar-refractivity contribution in [2.24, 2.45) is 4.99 Å². The van der Waals surface area contributed by atoms with Crippen LogP contribution in [0.2, 0.25) is 0 Å². The average molecular weight is 467 g/mol. The Hall–Kier alpha value is -3.50. The van der Waals surface area contributed by atoms with Gasteiger partial charge in [-0.15, -0.1) is 0 Å². The number of nitrogens with zero attached hydrogens (tertiary/aromatic N) is 2. The van der Waals surface area contributed by atoms with Crippen molar-refractivity contribution in [1.82, 2.24) is 4.90 Å². The van der Waals surface area contributed by atoms with Crippen LogP contribution in [0.15, 0.2) is 90.0 Å². The predicted molar refractivity (Wildman–Crippen MR) is 142 cm³/mol. The maximum Gasteiger partial charge on any atom is 0.133 e. The molecule has 1 aliphatic carbocycles. The monoisotopic (exact) mass is 466 g/mol. The molecule has 0 spiro atoms. The van der Waals surface area contributed by atoms with Gasteiger partial charge in [0.15, 0.2) is 0 Å². The minimum Gasteiger partial charge on any atom is -0.491 e. The Balaban J connectivity index is 1.59. The molecule has 0 radical (unpaired) electrons. The SMILES string of the molecule is C=C1CN=c2ccc(C3=C(c4ccc(F)c(C)c4)C=CC=CC=C3)cc2=C1OCCN1CCCC1. The number of fused-ring (bicyclic) bond motifs is 1. The third-order valence-corrected chi connectivity index (χ3v) is 6.78. The Bertz CT molecular complexity index is 1390. The summed E-state index contributed by atoms with van der Waals surface area (Å²) in [6, 6.07) is 11.6. The normalized spacial score (nSPS) is 17.9. The van der Waals surface area contributed by atoms with Gasteiger partial charge in [-0.25, -0.2) is 4.39 Å². The molecule has 0 aromatic heterocycles. The van der Waals surface area contributed by atoms with Gasteiger partial charge >= 0.3 is 0 Å². The Morgan fingerprint density at radius 3 is 2.34 bits per heavy atom. The van der Waals surface area contributed by atoms with E-state index in [2.05, 4.69) is 41.8 Å². The second kappa shape index (κ2) is 10.4. The molecule has 2 heterocycles. The van der Waals surface area contributed by atoms with Gasteiger partial charge in [0.25, 0.3) is 0 Å². The molecule has 0 bridgehead atoms. The molecule has 0 atom stereocenters. The highest BCUT2D eigenvalue weighted by Crippen LogP contribution is 2.30. The van der Waals surface area contributed by atoms with Crippen LogP contribution in [0.4, 0.5) is 4.39 Å². The van der Waals surface area contributed by atoms with Gasteiger partial charge in [-0.3, -0.25) is 9.89 Å². The largest absolute Gasteiger partial charge is 0.491 e. The highest BCUT2D eigenvalue weighted by atomic mass is 19.1. The summed E-state index contributed by atoms with van der Waals surface area (Å²) in [5, 5.41) is 1.92. The van der Waals surface area contributed by atoms with E-state index < -0.39 is 0 Å². The third kappa shape index (κ3) is 5.13. The van der Waals surface area contributed by atoms with Crippen LogP contribution in [-0.2, 0) is 4.74 Å². The van der Waals surface area contributed by atoms with Gasteiger partial charge in [0, 0.05) is 17.3 Å². The van der Waals surface area contributed by atoms with E-state index in [1.165, 1.54) is 18.9 Å². The van der Waals surface area contributed by atoms with E-state index in [1.54, 1.807) is 6.92 Å². The molecule has 0 amide bonds. The van der Waals surface area contributed by atoms with Gasteiger partial charge in [-0.05, 0) is 85.0 Å². The zero-order valence-electron chi connectivity index (χ0n) is 20.3. The predicted octanol–water partition coefficient (Wildman–Crippen LogP) is 5.14. The number of hydrogen-bond acceptors (Lipinski definition) is 3. The first-order valence-electron chi connectivity index (χ1n) is 12.3.